The van der Waals surface area contributed by atoms with Crippen molar-refractivity contribution in [2.24, 2.45) is 4.99 Å². The van der Waals surface area contributed by atoms with E-state index in [0.717, 1.165) is 43.5 Å². The van der Waals surface area contributed by atoms with Gasteiger partial charge in [-0.1, -0.05) is 6.07 Å². The Morgan fingerprint density at radius 3 is 2.52 bits per heavy atom. The zero-order valence-electron chi connectivity index (χ0n) is 16.3. The van der Waals surface area contributed by atoms with E-state index in [-0.39, 0.29) is 24.0 Å². The Bertz CT molecular complexity index is 677. The molecule has 2 rings (SSSR count). The van der Waals surface area contributed by atoms with Crippen LogP contribution in [0.15, 0.2) is 41.7 Å². The molecule has 0 atom stereocenters. The highest BCUT2D eigenvalue weighted by Crippen LogP contribution is 2.28. The number of nitrogens with one attached hydrogen (secondary N) is 2. The van der Waals surface area contributed by atoms with Gasteiger partial charge in [0.05, 0.1) is 19.8 Å². The van der Waals surface area contributed by atoms with Crippen molar-refractivity contribution in [2.75, 3.05) is 33.4 Å². The summed E-state index contributed by atoms with van der Waals surface area (Å²) in [5, 5.41) is 10.8. The Balaban J connectivity index is 0.00000364. The Morgan fingerprint density at radius 1 is 1.11 bits per heavy atom. The maximum Gasteiger partial charge on any atom is 0.191 e. The lowest BCUT2D eigenvalue weighted by Crippen LogP contribution is -2.39. The van der Waals surface area contributed by atoms with Crippen LogP contribution in [-0.4, -0.2) is 49.1 Å². The lowest BCUT2D eigenvalue weighted by atomic mass is 10.1. The van der Waals surface area contributed by atoms with Crippen molar-refractivity contribution in [2.45, 2.75) is 26.8 Å². The number of aliphatic imine (C=N–C) groups is 1. The molecule has 0 bridgehead atoms. The second kappa shape index (κ2) is 13.2. The van der Waals surface area contributed by atoms with Crippen molar-refractivity contribution < 1.29 is 9.47 Å². The van der Waals surface area contributed by atoms with Crippen molar-refractivity contribution in [1.29, 1.82) is 0 Å². The number of hydrogen-bond acceptors (Lipinski definition) is 4. The quantitative estimate of drug-likeness (QED) is 0.307. The van der Waals surface area contributed by atoms with Crippen molar-refractivity contribution in [3.63, 3.8) is 0 Å². The van der Waals surface area contributed by atoms with Gasteiger partial charge in [-0.15, -0.1) is 24.0 Å². The number of rotatable bonds is 10. The molecule has 1 aromatic heterocycles. The number of guanidine groups is 1. The van der Waals surface area contributed by atoms with E-state index in [1.807, 2.05) is 42.9 Å². The van der Waals surface area contributed by atoms with Gasteiger partial charge in [0.25, 0.3) is 0 Å². The average molecular weight is 487 g/mol. The summed E-state index contributed by atoms with van der Waals surface area (Å²) in [6.45, 7) is 7.53. The first-order chi connectivity index (χ1) is 12.8. The number of nitrogens with zero attached hydrogens (tertiary/aromatic N) is 3. The van der Waals surface area contributed by atoms with Gasteiger partial charge < -0.3 is 20.1 Å². The molecular weight excluding hydrogens is 457 g/mol. The molecule has 150 valence electrons. The molecule has 0 saturated carbocycles. The lowest BCUT2D eigenvalue weighted by Gasteiger charge is -2.14. The minimum atomic E-state index is 0. The standard InChI is InChI=1S/C19H29N5O2.HI/c1-4-25-17-8-7-16(15-18(17)26-5-2)9-11-21-19(20-3)22-12-14-24-13-6-10-23-24;/h6-8,10,13,15H,4-5,9,11-12,14H2,1-3H3,(H2,20,21,22);1H. The minimum absolute atomic E-state index is 0. The summed E-state index contributed by atoms with van der Waals surface area (Å²) in [6, 6.07) is 8.01. The first kappa shape index (κ1) is 23.1. The molecule has 2 aromatic rings. The summed E-state index contributed by atoms with van der Waals surface area (Å²) in [4.78, 5) is 4.24. The second-order valence-electron chi connectivity index (χ2n) is 5.59. The number of halogens is 1. The number of benzene rings is 1. The molecule has 0 amide bonds. The molecule has 0 aliphatic carbocycles. The largest absolute Gasteiger partial charge is 0.490 e. The Hall–Kier alpha value is -1.97. The van der Waals surface area contributed by atoms with E-state index in [1.165, 1.54) is 5.56 Å². The molecule has 0 spiro atoms. The molecule has 0 saturated heterocycles. The smallest absolute Gasteiger partial charge is 0.191 e. The van der Waals surface area contributed by atoms with Gasteiger partial charge in [0.2, 0.25) is 0 Å². The maximum absolute atomic E-state index is 5.68. The predicted octanol–water partition coefficient (Wildman–Crippen LogP) is 2.71. The van der Waals surface area contributed by atoms with E-state index < -0.39 is 0 Å². The third kappa shape index (κ3) is 8.06. The topological polar surface area (TPSA) is 72.7 Å². The van der Waals surface area contributed by atoms with Crippen LogP contribution in [0, 0.1) is 0 Å². The van der Waals surface area contributed by atoms with E-state index in [4.69, 9.17) is 9.47 Å². The van der Waals surface area contributed by atoms with Crippen LogP contribution in [0.4, 0.5) is 0 Å². The maximum atomic E-state index is 5.68. The Kier molecular flexibility index (Phi) is 11.3. The van der Waals surface area contributed by atoms with E-state index in [1.54, 1.807) is 13.2 Å². The van der Waals surface area contributed by atoms with Crippen LogP contribution < -0.4 is 20.1 Å². The minimum Gasteiger partial charge on any atom is -0.490 e. The fourth-order valence-corrected chi connectivity index (χ4v) is 2.52. The molecule has 0 radical (unpaired) electrons. The van der Waals surface area contributed by atoms with Crippen LogP contribution in [0.25, 0.3) is 0 Å². The van der Waals surface area contributed by atoms with Gasteiger partial charge in [-0.25, -0.2) is 0 Å². The van der Waals surface area contributed by atoms with Crippen molar-refractivity contribution in [1.82, 2.24) is 20.4 Å². The SMILES string of the molecule is CCOc1ccc(CCNC(=NC)NCCn2cccn2)cc1OCC.I. The summed E-state index contributed by atoms with van der Waals surface area (Å²) in [6.07, 6.45) is 4.59. The van der Waals surface area contributed by atoms with Crippen LogP contribution in [0.2, 0.25) is 0 Å². The van der Waals surface area contributed by atoms with Crippen LogP contribution in [0.5, 0.6) is 11.5 Å². The summed E-state index contributed by atoms with van der Waals surface area (Å²) < 4.78 is 13.2. The third-order valence-electron chi connectivity index (χ3n) is 3.73. The Morgan fingerprint density at radius 2 is 1.85 bits per heavy atom. The first-order valence-corrected chi connectivity index (χ1v) is 9.07. The molecule has 1 aromatic carbocycles. The first-order valence-electron chi connectivity index (χ1n) is 9.07. The van der Waals surface area contributed by atoms with Gasteiger partial charge in [-0.2, -0.15) is 5.10 Å². The number of aromatic nitrogens is 2. The summed E-state index contributed by atoms with van der Waals surface area (Å²) >= 11 is 0. The van der Waals surface area contributed by atoms with Gasteiger partial charge in [0, 0.05) is 32.5 Å². The van der Waals surface area contributed by atoms with Gasteiger partial charge in [0.1, 0.15) is 0 Å². The average Bonchev–Trinajstić information content (AvgIpc) is 3.16. The molecule has 8 heteroatoms. The van der Waals surface area contributed by atoms with Crippen LogP contribution in [0.1, 0.15) is 19.4 Å². The molecule has 7 nitrogen and oxygen atoms in total. The van der Waals surface area contributed by atoms with Gasteiger partial charge >= 0.3 is 0 Å². The fourth-order valence-electron chi connectivity index (χ4n) is 2.52. The fraction of sp³-hybridized carbons (Fsp3) is 0.474. The Labute approximate surface area is 178 Å². The molecule has 0 unspecified atom stereocenters. The van der Waals surface area contributed by atoms with E-state index in [0.29, 0.717) is 13.2 Å². The number of ether oxygens (including phenoxy) is 2. The molecule has 27 heavy (non-hydrogen) atoms. The highest BCUT2D eigenvalue weighted by Gasteiger charge is 2.06. The second-order valence-corrected chi connectivity index (χ2v) is 5.59. The van der Waals surface area contributed by atoms with Gasteiger partial charge in [-0.3, -0.25) is 9.67 Å². The predicted molar refractivity (Wildman–Crippen MR) is 119 cm³/mol. The number of hydrogen-bond donors (Lipinski definition) is 2. The normalized spacial score (nSPS) is 10.9. The molecule has 1 heterocycles. The zero-order valence-corrected chi connectivity index (χ0v) is 18.6. The lowest BCUT2D eigenvalue weighted by molar-refractivity contribution is 0.287. The molecule has 0 aliphatic rings. The third-order valence-corrected chi connectivity index (χ3v) is 3.73. The summed E-state index contributed by atoms with van der Waals surface area (Å²) in [5.74, 6) is 2.38. The van der Waals surface area contributed by atoms with E-state index in [2.05, 4.69) is 26.8 Å². The zero-order chi connectivity index (χ0) is 18.6. The molecule has 2 N–H and O–H groups in total. The monoisotopic (exact) mass is 487 g/mol. The van der Waals surface area contributed by atoms with Gasteiger partial charge in [-0.05, 0) is 44.0 Å². The van der Waals surface area contributed by atoms with Crippen LogP contribution in [0.3, 0.4) is 0 Å². The highest BCUT2D eigenvalue weighted by atomic mass is 127. The van der Waals surface area contributed by atoms with Crippen LogP contribution >= 0.6 is 24.0 Å². The van der Waals surface area contributed by atoms with Crippen molar-refractivity contribution in [3.8, 4) is 11.5 Å². The molecule has 0 aliphatic heterocycles. The molecular formula is C19H30IN5O2. The molecule has 0 fully saturated rings. The van der Waals surface area contributed by atoms with Crippen LogP contribution in [-0.2, 0) is 13.0 Å². The van der Waals surface area contributed by atoms with E-state index >= 15 is 0 Å². The van der Waals surface area contributed by atoms with Gasteiger partial charge in [0.15, 0.2) is 17.5 Å². The van der Waals surface area contributed by atoms with Crippen molar-refractivity contribution >= 4 is 29.9 Å². The highest BCUT2D eigenvalue weighted by molar-refractivity contribution is 14.0. The summed E-state index contributed by atoms with van der Waals surface area (Å²) in [7, 11) is 1.77. The van der Waals surface area contributed by atoms with E-state index in [9.17, 15) is 0 Å². The summed E-state index contributed by atoms with van der Waals surface area (Å²) in [5.41, 5.74) is 1.19. The van der Waals surface area contributed by atoms with Crippen molar-refractivity contribution in [3.05, 3.63) is 42.2 Å².